The van der Waals surface area contributed by atoms with E-state index in [0.717, 1.165) is 25.2 Å². The van der Waals surface area contributed by atoms with Gasteiger partial charge in [-0.15, -0.1) is 0 Å². The van der Waals surface area contributed by atoms with Crippen LogP contribution in [-0.2, 0) is 0 Å². The van der Waals surface area contributed by atoms with Crippen LogP contribution in [0.3, 0.4) is 0 Å². The molecule has 3 rings (SSSR count). The lowest BCUT2D eigenvalue weighted by atomic mass is 10.2. The smallest absolute Gasteiger partial charge is 0.274 e. The number of amides is 1. The van der Waals surface area contributed by atoms with Crippen molar-refractivity contribution in [1.82, 2.24) is 20.0 Å². The molecule has 5 heteroatoms. The van der Waals surface area contributed by atoms with Crippen molar-refractivity contribution in [3.8, 4) is 0 Å². The van der Waals surface area contributed by atoms with Gasteiger partial charge >= 0.3 is 0 Å². The summed E-state index contributed by atoms with van der Waals surface area (Å²) in [5, 5.41) is 6.88. The van der Waals surface area contributed by atoms with E-state index in [4.69, 9.17) is 0 Å². The molecule has 1 amide bonds. The highest BCUT2D eigenvalue weighted by Gasteiger charge is 2.32. The average Bonchev–Trinajstić information content (AvgIpc) is 3.09. The molecule has 1 N–H and O–H groups in total. The molecule has 0 spiro atoms. The van der Waals surface area contributed by atoms with E-state index in [2.05, 4.69) is 15.1 Å². The maximum absolute atomic E-state index is 12.2. The Hall–Kier alpha value is -1.36. The fourth-order valence-electron chi connectivity index (χ4n) is 3.02. The first kappa shape index (κ1) is 11.7. The third-order valence-corrected chi connectivity index (χ3v) is 4.03. The first-order valence-electron chi connectivity index (χ1n) is 6.79. The molecule has 1 aromatic rings. The van der Waals surface area contributed by atoms with Gasteiger partial charge in [0.2, 0.25) is 0 Å². The molecule has 2 saturated heterocycles. The van der Waals surface area contributed by atoms with Crippen LogP contribution in [0.25, 0.3) is 0 Å². The van der Waals surface area contributed by atoms with Crippen LogP contribution in [0.15, 0.2) is 6.07 Å². The van der Waals surface area contributed by atoms with Gasteiger partial charge in [0.25, 0.3) is 5.91 Å². The quantitative estimate of drug-likeness (QED) is 0.850. The van der Waals surface area contributed by atoms with Crippen LogP contribution >= 0.6 is 0 Å². The van der Waals surface area contributed by atoms with Crippen LogP contribution in [0.5, 0.6) is 0 Å². The number of rotatable bonds is 2. The zero-order valence-corrected chi connectivity index (χ0v) is 10.9. The number of nitrogens with one attached hydrogen (secondary N) is 1. The minimum Gasteiger partial charge on any atom is -0.336 e. The summed E-state index contributed by atoms with van der Waals surface area (Å²) in [4.78, 5) is 16.7. The van der Waals surface area contributed by atoms with Crippen molar-refractivity contribution in [3.63, 3.8) is 0 Å². The van der Waals surface area contributed by atoms with Crippen molar-refractivity contribution in [2.24, 2.45) is 0 Å². The molecule has 98 valence electrons. The molecule has 1 atom stereocenters. The highest BCUT2D eigenvalue weighted by Crippen LogP contribution is 2.21. The molecule has 5 nitrogen and oxygen atoms in total. The Labute approximate surface area is 107 Å². The molecule has 0 aliphatic carbocycles. The summed E-state index contributed by atoms with van der Waals surface area (Å²) in [6, 6.07) is 2.39. The van der Waals surface area contributed by atoms with E-state index in [0.29, 0.717) is 11.7 Å². The molecule has 3 heterocycles. The highest BCUT2D eigenvalue weighted by atomic mass is 16.2. The summed E-state index contributed by atoms with van der Waals surface area (Å²) >= 11 is 0. The van der Waals surface area contributed by atoms with Crippen LogP contribution in [0.4, 0.5) is 0 Å². The molecule has 2 fully saturated rings. The fraction of sp³-hybridized carbons (Fsp3) is 0.692. The lowest BCUT2D eigenvalue weighted by molar-refractivity contribution is 0.0774. The molecular weight excluding hydrogens is 228 g/mol. The van der Waals surface area contributed by atoms with Crippen molar-refractivity contribution < 1.29 is 4.79 Å². The van der Waals surface area contributed by atoms with E-state index in [-0.39, 0.29) is 5.91 Å². The second-order valence-corrected chi connectivity index (χ2v) is 5.37. The minimum atomic E-state index is 0.0704. The lowest BCUT2D eigenvalue weighted by Gasteiger charge is -2.23. The average molecular weight is 248 g/mol. The second-order valence-electron chi connectivity index (χ2n) is 5.37. The highest BCUT2D eigenvalue weighted by molar-refractivity contribution is 5.92. The minimum absolute atomic E-state index is 0.0704. The Balaban J connectivity index is 1.63. The molecule has 0 saturated carbocycles. The number of aromatic amines is 1. The SMILES string of the molecule is Cc1cc(C(=O)N2CCC(N3CCCC3)C2)n[nH]1. The van der Waals surface area contributed by atoms with Gasteiger partial charge in [0, 0.05) is 24.8 Å². The summed E-state index contributed by atoms with van der Waals surface area (Å²) in [5.74, 6) is 0.0704. The number of aromatic nitrogens is 2. The maximum atomic E-state index is 12.2. The topological polar surface area (TPSA) is 52.2 Å². The number of hydrogen-bond donors (Lipinski definition) is 1. The Morgan fingerprint density at radius 2 is 2.17 bits per heavy atom. The summed E-state index contributed by atoms with van der Waals surface area (Å²) in [7, 11) is 0. The van der Waals surface area contributed by atoms with Crippen LogP contribution in [0.2, 0.25) is 0 Å². The van der Waals surface area contributed by atoms with E-state index in [1.54, 1.807) is 0 Å². The largest absolute Gasteiger partial charge is 0.336 e. The van der Waals surface area contributed by atoms with Crippen molar-refractivity contribution in [1.29, 1.82) is 0 Å². The van der Waals surface area contributed by atoms with Gasteiger partial charge in [-0.25, -0.2) is 0 Å². The van der Waals surface area contributed by atoms with Gasteiger partial charge in [0.15, 0.2) is 0 Å². The summed E-state index contributed by atoms with van der Waals surface area (Å²) in [6.07, 6.45) is 3.72. The van der Waals surface area contributed by atoms with Gasteiger partial charge in [-0.05, 0) is 45.3 Å². The van der Waals surface area contributed by atoms with Crippen LogP contribution in [0, 0.1) is 6.92 Å². The Bertz CT molecular complexity index is 436. The Morgan fingerprint density at radius 1 is 1.39 bits per heavy atom. The van der Waals surface area contributed by atoms with Gasteiger partial charge < -0.3 is 4.90 Å². The van der Waals surface area contributed by atoms with Gasteiger partial charge in [-0.1, -0.05) is 0 Å². The number of likely N-dealkylation sites (tertiary alicyclic amines) is 2. The number of nitrogens with zero attached hydrogens (tertiary/aromatic N) is 3. The summed E-state index contributed by atoms with van der Waals surface area (Å²) in [5.41, 5.74) is 1.49. The van der Waals surface area contributed by atoms with E-state index in [1.807, 2.05) is 17.9 Å². The predicted molar refractivity (Wildman–Crippen MR) is 68.4 cm³/mol. The monoisotopic (exact) mass is 248 g/mol. The second kappa shape index (κ2) is 4.72. The summed E-state index contributed by atoms with van der Waals surface area (Å²) in [6.45, 7) is 6.06. The van der Waals surface area contributed by atoms with Crippen molar-refractivity contribution in [3.05, 3.63) is 17.5 Å². The molecule has 0 radical (unpaired) electrons. The first-order valence-corrected chi connectivity index (χ1v) is 6.79. The predicted octanol–water partition coefficient (Wildman–Crippen LogP) is 1.03. The van der Waals surface area contributed by atoms with Gasteiger partial charge in [-0.2, -0.15) is 5.10 Å². The normalized spacial score (nSPS) is 24.9. The van der Waals surface area contributed by atoms with E-state index in [9.17, 15) is 4.79 Å². The Morgan fingerprint density at radius 3 is 2.83 bits per heavy atom. The van der Waals surface area contributed by atoms with Gasteiger partial charge in [0.1, 0.15) is 5.69 Å². The standard InChI is InChI=1S/C13H20N4O/c1-10-8-12(15-14-10)13(18)17-7-4-11(9-17)16-5-2-3-6-16/h8,11H,2-7,9H2,1H3,(H,14,15). The first-order chi connectivity index (χ1) is 8.74. The molecule has 1 aromatic heterocycles. The van der Waals surface area contributed by atoms with Crippen LogP contribution < -0.4 is 0 Å². The van der Waals surface area contributed by atoms with Gasteiger partial charge in [0.05, 0.1) is 0 Å². The third-order valence-electron chi connectivity index (χ3n) is 4.03. The number of H-pyrrole nitrogens is 1. The molecule has 18 heavy (non-hydrogen) atoms. The Kier molecular flexibility index (Phi) is 3.07. The zero-order chi connectivity index (χ0) is 12.5. The summed E-state index contributed by atoms with van der Waals surface area (Å²) < 4.78 is 0. The van der Waals surface area contributed by atoms with Crippen molar-refractivity contribution in [2.45, 2.75) is 32.2 Å². The number of aryl methyl sites for hydroxylation is 1. The maximum Gasteiger partial charge on any atom is 0.274 e. The van der Waals surface area contributed by atoms with Crippen molar-refractivity contribution >= 4 is 5.91 Å². The molecule has 2 aliphatic heterocycles. The van der Waals surface area contributed by atoms with Crippen LogP contribution in [-0.4, -0.2) is 58.1 Å². The molecular formula is C13H20N4O. The molecule has 0 aromatic carbocycles. The van der Waals surface area contributed by atoms with E-state index in [1.165, 1.54) is 25.9 Å². The molecule has 2 aliphatic rings. The fourth-order valence-corrected chi connectivity index (χ4v) is 3.02. The third kappa shape index (κ3) is 2.14. The van der Waals surface area contributed by atoms with Crippen molar-refractivity contribution in [2.75, 3.05) is 26.2 Å². The lowest BCUT2D eigenvalue weighted by Crippen LogP contribution is -2.37. The van der Waals surface area contributed by atoms with Crippen LogP contribution in [0.1, 0.15) is 35.4 Å². The number of carbonyl (C=O) groups is 1. The van der Waals surface area contributed by atoms with Gasteiger partial charge in [-0.3, -0.25) is 14.8 Å². The molecule has 1 unspecified atom stereocenters. The van der Waals surface area contributed by atoms with E-state index < -0.39 is 0 Å². The number of carbonyl (C=O) groups excluding carboxylic acids is 1. The zero-order valence-electron chi connectivity index (χ0n) is 10.9. The number of hydrogen-bond acceptors (Lipinski definition) is 3. The van der Waals surface area contributed by atoms with E-state index >= 15 is 0 Å². The molecule has 0 bridgehead atoms.